The van der Waals surface area contributed by atoms with Crippen LogP contribution in [0.25, 0.3) is 10.9 Å². The quantitative estimate of drug-likeness (QED) is 0.582. The van der Waals surface area contributed by atoms with E-state index in [4.69, 9.17) is 5.73 Å². The number of H-pyrrole nitrogens is 1. The molecule has 0 saturated carbocycles. The van der Waals surface area contributed by atoms with Crippen LogP contribution in [0.4, 0.5) is 5.69 Å². The maximum absolute atomic E-state index is 10.9. The van der Waals surface area contributed by atoms with Crippen molar-refractivity contribution >= 4 is 16.6 Å². The molecule has 0 bridgehead atoms. The molecule has 1 aromatic heterocycles. The molecular weight excluding hydrogens is 166 g/mol. The summed E-state index contributed by atoms with van der Waals surface area (Å²) < 4.78 is 0. The minimum Gasteiger partial charge on any atom is -0.398 e. The number of hydrogen-bond donors (Lipinski definition) is 2. The van der Waals surface area contributed by atoms with E-state index in [-0.39, 0.29) is 5.69 Å². The molecular formula is C9H9N3O. The third-order valence-electron chi connectivity index (χ3n) is 2.11. The first-order valence-electron chi connectivity index (χ1n) is 3.92. The highest BCUT2D eigenvalue weighted by Gasteiger charge is 2.00. The lowest BCUT2D eigenvalue weighted by atomic mass is 10.1. The van der Waals surface area contributed by atoms with Gasteiger partial charge in [-0.25, -0.2) is 9.78 Å². The maximum atomic E-state index is 10.9. The van der Waals surface area contributed by atoms with Crippen LogP contribution in [0.1, 0.15) is 5.56 Å². The molecule has 4 nitrogen and oxygen atoms in total. The monoisotopic (exact) mass is 175 g/mol. The SMILES string of the molecule is Cc1c(N)ccc2[nH]c(=O)ncc12. The molecule has 3 N–H and O–H groups in total. The molecule has 0 amide bonds. The summed E-state index contributed by atoms with van der Waals surface area (Å²) in [5.74, 6) is 0. The summed E-state index contributed by atoms with van der Waals surface area (Å²) in [6.07, 6.45) is 1.54. The molecule has 0 unspecified atom stereocenters. The van der Waals surface area contributed by atoms with Gasteiger partial charge in [-0.1, -0.05) is 0 Å². The van der Waals surface area contributed by atoms with E-state index in [0.29, 0.717) is 5.69 Å². The number of anilines is 1. The van der Waals surface area contributed by atoms with Crippen molar-refractivity contribution in [2.45, 2.75) is 6.92 Å². The van der Waals surface area contributed by atoms with Crippen molar-refractivity contribution in [2.75, 3.05) is 5.73 Å². The van der Waals surface area contributed by atoms with Crippen molar-refractivity contribution in [3.05, 3.63) is 34.4 Å². The van der Waals surface area contributed by atoms with Crippen LogP contribution in [0.2, 0.25) is 0 Å². The molecule has 1 aromatic carbocycles. The van der Waals surface area contributed by atoms with Crippen molar-refractivity contribution in [2.24, 2.45) is 0 Å². The molecule has 0 fully saturated rings. The topological polar surface area (TPSA) is 71.8 Å². The molecule has 0 radical (unpaired) electrons. The molecule has 0 atom stereocenters. The average Bonchev–Trinajstić information content (AvgIpc) is 2.12. The van der Waals surface area contributed by atoms with Crippen molar-refractivity contribution < 1.29 is 0 Å². The van der Waals surface area contributed by atoms with Crippen LogP contribution in [-0.2, 0) is 0 Å². The van der Waals surface area contributed by atoms with Gasteiger partial charge in [0.05, 0.1) is 5.52 Å². The second-order valence-corrected chi connectivity index (χ2v) is 2.93. The second kappa shape index (κ2) is 2.58. The fraction of sp³-hybridized carbons (Fsp3) is 0.111. The Labute approximate surface area is 74.4 Å². The van der Waals surface area contributed by atoms with E-state index in [2.05, 4.69) is 9.97 Å². The molecule has 1 heterocycles. The predicted octanol–water partition coefficient (Wildman–Crippen LogP) is 0.814. The molecule has 2 aromatic rings. The van der Waals surface area contributed by atoms with E-state index in [1.807, 2.05) is 6.92 Å². The Kier molecular flexibility index (Phi) is 1.55. The maximum Gasteiger partial charge on any atom is 0.345 e. The lowest BCUT2D eigenvalue weighted by Gasteiger charge is -2.03. The van der Waals surface area contributed by atoms with Gasteiger partial charge in [-0.05, 0) is 24.6 Å². The molecule has 0 aliphatic heterocycles. The third kappa shape index (κ3) is 1.16. The van der Waals surface area contributed by atoms with Crippen LogP contribution in [-0.4, -0.2) is 9.97 Å². The van der Waals surface area contributed by atoms with Gasteiger partial charge in [-0.3, -0.25) is 0 Å². The summed E-state index contributed by atoms with van der Waals surface area (Å²) in [6, 6.07) is 3.55. The van der Waals surface area contributed by atoms with E-state index in [9.17, 15) is 4.79 Å². The van der Waals surface area contributed by atoms with Crippen LogP contribution >= 0.6 is 0 Å². The first-order chi connectivity index (χ1) is 6.18. The molecule has 0 aliphatic carbocycles. The Morgan fingerprint density at radius 2 is 2.23 bits per heavy atom. The number of hydrogen-bond acceptors (Lipinski definition) is 3. The number of nitrogens with one attached hydrogen (secondary N) is 1. The van der Waals surface area contributed by atoms with Crippen molar-refractivity contribution in [3.63, 3.8) is 0 Å². The van der Waals surface area contributed by atoms with Gasteiger partial charge in [-0.2, -0.15) is 0 Å². The van der Waals surface area contributed by atoms with Gasteiger partial charge in [-0.15, -0.1) is 0 Å². The summed E-state index contributed by atoms with van der Waals surface area (Å²) in [4.78, 5) is 17.2. The van der Waals surface area contributed by atoms with E-state index in [1.54, 1.807) is 18.3 Å². The first-order valence-corrected chi connectivity index (χ1v) is 3.92. The van der Waals surface area contributed by atoms with Crippen LogP contribution in [0.15, 0.2) is 23.1 Å². The summed E-state index contributed by atoms with van der Waals surface area (Å²) in [5, 5.41) is 0.889. The lowest BCUT2D eigenvalue weighted by molar-refractivity contribution is 1.12. The van der Waals surface area contributed by atoms with Crippen molar-refractivity contribution in [3.8, 4) is 0 Å². The molecule has 2 rings (SSSR count). The zero-order valence-electron chi connectivity index (χ0n) is 7.16. The van der Waals surface area contributed by atoms with Crippen molar-refractivity contribution in [1.82, 2.24) is 9.97 Å². The van der Waals surface area contributed by atoms with Crippen LogP contribution < -0.4 is 11.4 Å². The highest BCUT2D eigenvalue weighted by Crippen LogP contribution is 2.19. The van der Waals surface area contributed by atoms with Gasteiger partial charge >= 0.3 is 5.69 Å². The zero-order chi connectivity index (χ0) is 9.42. The normalized spacial score (nSPS) is 10.5. The number of aromatic nitrogens is 2. The van der Waals surface area contributed by atoms with Crippen LogP contribution in [0.3, 0.4) is 0 Å². The lowest BCUT2D eigenvalue weighted by Crippen LogP contribution is -2.09. The Hall–Kier alpha value is -1.84. The third-order valence-corrected chi connectivity index (χ3v) is 2.11. The minimum atomic E-state index is -0.336. The summed E-state index contributed by atoms with van der Waals surface area (Å²) in [6.45, 7) is 1.90. The molecule has 0 spiro atoms. The number of aromatic amines is 1. The van der Waals surface area contributed by atoms with E-state index in [0.717, 1.165) is 16.5 Å². The van der Waals surface area contributed by atoms with Gasteiger partial charge in [0.15, 0.2) is 0 Å². The highest BCUT2D eigenvalue weighted by atomic mass is 16.1. The Morgan fingerprint density at radius 1 is 1.46 bits per heavy atom. The van der Waals surface area contributed by atoms with E-state index in [1.165, 1.54) is 0 Å². The first kappa shape index (κ1) is 7.79. The van der Waals surface area contributed by atoms with Crippen LogP contribution in [0, 0.1) is 6.92 Å². The Balaban J connectivity index is 2.95. The number of fused-ring (bicyclic) bond motifs is 1. The molecule has 13 heavy (non-hydrogen) atoms. The molecule has 66 valence electrons. The van der Waals surface area contributed by atoms with Crippen molar-refractivity contribution in [1.29, 1.82) is 0 Å². The predicted molar refractivity (Wildman–Crippen MR) is 51.5 cm³/mol. The van der Waals surface area contributed by atoms with Gasteiger partial charge in [0.2, 0.25) is 0 Å². The summed E-state index contributed by atoms with van der Waals surface area (Å²) in [5.41, 5.74) is 7.79. The number of nitrogens with zero attached hydrogens (tertiary/aromatic N) is 1. The number of benzene rings is 1. The number of nitrogens with two attached hydrogens (primary N) is 1. The summed E-state index contributed by atoms with van der Waals surface area (Å²) >= 11 is 0. The largest absolute Gasteiger partial charge is 0.398 e. The zero-order valence-corrected chi connectivity index (χ0v) is 7.16. The van der Waals surface area contributed by atoms with Crippen LogP contribution in [0.5, 0.6) is 0 Å². The van der Waals surface area contributed by atoms with Gasteiger partial charge in [0, 0.05) is 17.3 Å². The fourth-order valence-corrected chi connectivity index (χ4v) is 1.29. The van der Waals surface area contributed by atoms with Gasteiger partial charge in [0.1, 0.15) is 0 Å². The smallest absolute Gasteiger partial charge is 0.345 e. The molecule has 0 aliphatic rings. The standard InChI is InChI=1S/C9H9N3O/c1-5-6-4-11-9(13)12-8(6)3-2-7(5)10/h2-4H,10H2,1H3,(H,11,12,13). The Morgan fingerprint density at radius 3 is 3.00 bits per heavy atom. The highest BCUT2D eigenvalue weighted by molar-refractivity contribution is 5.85. The van der Waals surface area contributed by atoms with Gasteiger partial charge in [0.25, 0.3) is 0 Å². The van der Waals surface area contributed by atoms with E-state index >= 15 is 0 Å². The summed E-state index contributed by atoms with van der Waals surface area (Å²) in [7, 11) is 0. The fourth-order valence-electron chi connectivity index (χ4n) is 1.29. The number of aryl methyl sites for hydroxylation is 1. The van der Waals surface area contributed by atoms with E-state index < -0.39 is 0 Å². The molecule has 0 saturated heterocycles. The van der Waals surface area contributed by atoms with Gasteiger partial charge < -0.3 is 10.7 Å². The molecule has 4 heteroatoms. The average molecular weight is 175 g/mol. The Bertz CT molecular complexity index is 516. The number of nitrogen functional groups attached to an aromatic ring is 1. The number of rotatable bonds is 0. The minimum absolute atomic E-state index is 0.336. The second-order valence-electron chi connectivity index (χ2n) is 2.93.